The first-order valence-electron chi connectivity index (χ1n) is 5.73. The lowest BCUT2D eigenvalue weighted by Gasteiger charge is -2.13. The van der Waals surface area contributed by atoms with E-state index in [4.69, 9.17) is 4.74 Å². The van der Waals surface area contributed by atoms with Gasteiger partial charge in [-0.3, -0.25) is 4.79 Å². The summed E-state index contributed by atoms with van der Waals surface area (Å²) in [4.78, 5) is 21.9. The van der Waals surface area contributed by atoms with Crippen LogP contribution in [0, 0.1) is 0 Å². The van der Waals surface area contributed by atoms with Crippen molar-refractivity contribution >= 4 is 12.1 Å². The first-order chi connectivity index (χ1) is 8.58. The van der Waals surface area contributed by atoms with Gasteiger partial charge in [0.1, 0.15) is 0 Å². The van der Waals surface area contributed by atoms with E-state index in [1.54, 1.807) is 0 Å². The molecular weight excluding hydrogens is 234 g/mol. The van der Waals surface area contributed by atoms with Gasteiger partial charge in [-0.2, -0.15) is 0 Å². The molecule has 0 radical (unpaired) electrons. The fourth-order valence-corrected chi connectivity index (χ4v) is 1.40. The van der Waals surface area contributed by atoms with E-state index in [1.165, 1.54) is 13.8 Å². The average molecular weight is 251 g/mol. The highest BCUT2D eigenvalue weighted by Gasteiger charge is 2.10. The lowest BCUT2D eigenvalue weighted by Crippen LogP contribution is -2.31. The topological polar surface area (TPSA) is 64.6 Å². The Balaban J connectivity index is 2.19. The van der Waals surface area contributed by atoms with Crippen molar-refractivity contribution < 1.29 is 19.1 Å². The van der Waals surface area contributed by atoms with Gasteiger partial charge in [0.15, 0.2) is 0 Å². The van der Waals surface area contributed by atoms with Gasteiger partial charge in [-0.05, 0) is 12.0 Å². The minimum atomic E-state index is -0.876. The molecule has 0 saturated carbocycles. The number of benzene rings is 1. The van der Waals surface area contributed by atoms with Gasteiger partial charge < -0.3 is 14.8 Å². The van der Waals surface area contributed by atoms with Crippen molar-refractivity contribution in [2.75, 3.05) is 6.54 Å². The molecule has 0 aromatic heterocycles. The van der Waals surface area contributed by atoms with Crippen molar-refractivity contribution in [3.63, 3.8) is 0 Å². The lowest BCUT2D eigenvalue weighted by molar-refractivity contribution is -0.161. The maximum Gasteiger partial charge on any atom is 0.410 e. The third-order valence-electron chi connectivity index (χ3n) is 2.13. The second kappa shape index (κ2) is 7.32. The van der Waals surface area contributed by atoms with Crippen LogP contribution in [0.4, 0.5) is 4.79 Å². The summed E-state index contributed by atoms with van der Waals surface area (Å²) in [5.41, 5.74) is 1.13. The summed E-state index contributed by atoms with van der Waals surface area (Å²) in [5, 5.41) is 2.58. The van der Waals surface area contributed by atoms with E-state index in [0.29, 0.717) is 6.54 Å². The van der Waals surface area contributed by atoms with Gasteiger partial charge in [0.2, 0.25) is 6.29 Å². The Labute approximate surface area is 106 Å². The van der Waals surface area contributed by atoms with E-state index in [9.17, 15) is 9.59 Å². The Hall–Kier alpha value is -2.04. The van der Waals surface area contributed by atoms with Crippen molar-refractivity contribution in [2.24, 2.45) is 0 Å². The minimum absolute atomic E-state index is 0.468. The third kappa shape index (κ3) is 5.89. The van der Waals surface area contributed by atoms with Crippen LogP contribution in [0.25, 0.3) is 0 Å². The van der Waals surface area contributed by atoms with Crippen LogP contribution < -0.4 is 5.32 Å². The van der Waals surface area contributed by atoms with Crippen molar-refractivity contribution in [1.29, 1.82) is 0 Å². The molecule has 0 bridgehead atoms. The van der Waals surface area contributed by atoms with Crippen molar-refractivity contribution in [3.05, 3.63) is 35.9 Å². The highest BCUT2D eigenvalue weighted by atomic mass is 16.7. The molecule has 1 amide bonds. The predicted molar refractivity (Wildman–Crippen MR) is 65.9 cm³/mol. The second-order valence-corrected chi connectivity index (χ2v) is 3.74. The Kier molecular flexibility index (Phi) is 5.70. The molecule has 1 N–H and O–H groups in total. The molecule has 0 saturated heterocycles. The number of esters is 1. The summed E-state index contributed by atoms with van der Waals surface area (Å²) in [6.07, 6.45) is -0.753. The van der Waals surface area contributed by atoms with Gasteiger partial charge in [-0.15, -0.1) is 0 Å². The first kappa shape index (κ1) is 14.0. The van der Waals surface area contributed by atoms with Crippen molar-refractivity contribution in [3.8, 4) is 0 Å². The number of amides is 1. The van der Waals surface area contributed by atoms with E-state index in [0.717, 1.165) is 12.0 Å². The molecule has 1 atom stereocenters. The monoisotopic (exact) mass is 251 g/mol. The second-order valence-electron chi connectivity index (χ2n) is 3.74. The molecule has 0 heterocycles. The molecule has 0 aliphatic heterocycles. The Morgan fingerprint density at radius 1 is 1.22 bits per heavy atom. The van der Waals surface area contributed by atoms with Gasteiger partial charge in [-0.1, -0.05) is 30.3 Å². The number of ether oxygens (including phenoxy) is 2. The van der Waals surface area contributed by atoms with E-state index < -0.39 is 18.4 Å². The van der Waals surface area contributed by atoms with E-state index in [2.05, 4.69) is 10.1 Å². The summed E-state index contributed by atoms with van der Waals surface area (Å²) in [7, 11) is 0. The standard InChI is InChI=1S/C13H17NO4/c1-10(15)17-11(2)18-13(16)14-9-8-12-6-4-3-5-7-12/h3-7,11H,8-9H2,1-2H3,(H,14,16). The van der Waals surface area contributed by atoms with Gasteiger partial charge in [0.05, 0.1) is 0 Å². The van der Waals surface area contributed by atoms with E-state index in [1.807, 2.05) is 30.3 Å². The largest absolute Gasteiger partial charge is 0.426 e. The molecule has 1 aromatic rings. The maximum absolute atomic E-state index is 11.3. The molecule has 0 aliphatic carbocycles. The van der Waals surface area contributed by atoms with Crippen LogP contribution in [-0.4, -0.2) is 24.9 Å². The molecule has 0 fully saturated rings. The van der Waals surface area contributed by atoms with Crippen molar-refractivity contribution in [2.45, 2.75) is 26.6 Å². The average Bonchev–Trinajstić information content (AvgIpc) is 2.29. The molecule has 5 heteroatoms. The summed E-state index contributed by atoms with van der Waals surface area (Å²) < 4.78 is 9.47. The normalized spacial score (nSPS) is 11.4. The van der Waals surface area contributed by atoms with Crippen molar-refractivity contribution in [1.82, 2.24) is 5.32 Å². The molecule has 5 nitrogen and oxygen atoms in total. The molecular formula is C13H17NO4. The van der Waals surface area contributed by atoms with Gasteiger partial charge in [-0.25, -0.2) is 4.79 Å². The smallest absolute Gasteiger partial charge is 0.410 e. The molecule has 98 valence electrons. The van der Waals surface area contributed by atoms with Crippen LogP contribution in [0.15, 0.2) is 30.3 Å². The fraction of sp³-hybridized carbons (Fsp3) is 0.385. The Morgan fingerprint density at radius 3 is 2.50 bits per heavy atom. The molecule has 1 aromatic carbocycles. The Bertz CT molecular complexity index is 391. The number of carbonyl (C=O) groups is 2. The fourth-order valence-electron chi connectivity index (χ4n) is 1.40. The maximum atomic E-state index is 11.3. The van der Waals surface area contributed by atoms with Gasteiger partial charge in [0, 0.05) is 20.4 Å². The molecule has 18 heavy (non-hydrogen) atoms. The van der Waals surface area contributed by atoms with Crippen LogP contribution in [0.1, 0.15) is 19.4 Å². The van der Waals surface area contributed by atoms with Crippen LogP contribution in [0.5, 0.6) is 0 Å². The number of carbonyl (C=O) groups excluding carboxylic acids is 2. The zero-order valence-corrected chi connectivity index (χ0v) is 10.5. The van der Waals surface area contributed by atoms with Crippen LogP contribution in [0.2, 0.25) is 0 Å². The third-order valence-corrected chi connectivity index (χ3v) is 2.13. The van der Waals surface area contributed by atoms with E-state index >= 15 is 0 Å². The summed E-state index contributed by atoms with van der Waals surface area (Å²) in [6.45, 7) is 3.21. The number of alkyl carbamates (subject to hydrolysis) is 1. The highest BCUT2D eigenvalue weighted by Crippen LogP contribution is 1.99. The van der Waals surface area contributed by atoms with Crippen LogP contribution in [0.3, 0.4) is 0 Å². The summed E-state index contributed by atoms with van der Waals surface area (Å²) in [6, 6.07) is 9.78. The number of hydrogen-bond donors (Lipinski definition) is 1. The summed E-state index contributed by atoms with van der Waals surface area (Å²) in [5.74, 6) is -0.486. The number of hydrogen-bond acceptors (Lipinski definition) is 4. The first-order valence-corrected chi connectivity index (χ1v) is 5.73. The minimum Gasteiger partial charge on any atom is -0.426 e. The summed E-state index contributed by atoms with van der Waals surface area (Å²) >= 11 is 0. The molecule has 1 unspecified atom stereocenters. The quantitative estimate of drug-likeness (QED) is 0.641. The SMILES string of the molecule is CC(=O)OC(C)OC(=O)NCCc1ccccc1. The highest BCUT2D eigenvalue weighted by molar-refractivity contribution is 5.68. The van der Waals surface area contributed by atoms with Crippen LogP contribution >= 0.6 is 0 Å². The van der Waals surface area contributed by atoms with Gasteiger partial charge in [0.25, 0.3) is 0 Å². The lowest BCUT2D eigenvalue weighted by atomic mass is 10.1. The predicted octanol–water partition coefficient (Wildman–Crippen LogP) is 1.86. The molecule has 0 spiro atoms. The number of nitrogens with one attached hydrogen (secondary N) is 1. The van der Waals surface area contributed by atoms with Crippen LogP contribution in [-0.2, 0) is 20.7 Å². The molecule has 0 aliphatic rings. The number of rotatable bonds is 5. The zero-order chi connectivity index (χ0) is 13.4. The van der Waals surface area contributed by atoms with Gasteiger partial charge >= 0.3 is 12.1 Å². The molecule has 1 rings (SSSR count). The zero-order valence-electron chi connectivity index (χ0n) is 10.5. The van der Waals surface area contributed by atoms with E-state index in [-0.39, 0.29) is 0 Å². The Morgan fingerprint density at radius 2 is 1.89 bits per heavy atom.